The molecule has 0 aromatic carbocycles. The fraction of sp³-hybridized carbons (Fsp3) is 1.00. The molecule has 0 aliphatic heterocycles. The van der Waals surface area contributed by atoms with Gasteiger partial charge in [0.1, 0.15) is 0 Å². The predicted molar refractivity (Wildman–Crippen MR) is 132 cm³/mol. The Morgan fingerprint density at radius 2 is 0.621 bits per heavy atom. The third-order valence-electron chi connectivity index (χ3n) is 5.22. The maximum Gasteiger partial charge on any atom is -0.00368 e. The molecule has 0 aromatic rings. The molecular formula is C25H56N4. The largest absolute Gasteiger partial charge is 0.317 e. The van der Waals surface area contributed by atoms with E-state index in [1.165, 1.54) is 70.9 Å². The lowest BCUT2D eigenvalue weighted by Crippen LogP contribution is -2.25. The van der Waals surface area contributed by atoms with Gasteiger partial charge in [-0.1, -0.05) is 60.8 Å². The molecular weight excluding hydrogens is 356 g/mol. The molecule has 176 valence electrons. The van der Waals surface area contributed by atoms with E-state index in [2.05, 4.69) is 62.8 Å². The zero-order chi connectivity index (χ0) is 21.8. The molecule has 0 rings (SSSR count). The molecule has 0 fully saturated rings. The van der Waals surface area contributed by atoms with Gasteiger partial charge in [-0.25, -0.2) is 0 Å². The van der Waals surface area contributed by atoms with Crippen molar-refractivity contribution in [2.24, 2.45) is 10.8 Å². The van der Waals surface area contributed by atoms with Crippen LogP contribution >= 0.6 is 0 Å². The summed E-state index contributed by atoms with van der Waals surface area (Å²) in [6, 6.07) is 0. The van der Waals surface area contributed by atoms with Crippen molar-refractivity contribution in [3.8, 4) is 0 Å². The predicted octanol–water partition coefficient (Wildman–Crippen LogP) is 4.95. The van der Waals surface area contributed by atoms with Gasteiger partial charge in [0.25, 0.3) is 0 Å². The first-order valence-corrected chi connectivity index (χ1v) is 12.5. The summed E-state index contributed by atoms with van der Waals surface area (Å²) >= 11 is 0. The van der Waals surface area contributed by atoms with Gasteiger partial charge in [0.05, 0.1) is 0 Å². The van der Waals surface area contributed by atoms with Gasteiger partial charge < -0.3 is 21.3 Å². The van der Waals surface area contributed by atoms with Gasteiger partial charge in [-0.3, -0.25) is 0 Å². The summed E-state index contributed by atoms with van der Waals surface area (Å²) in [4.78, 5) is 0. The molecule has 4 N–H and O–H groups in total. The number of rotatable bonds is 20. The third kappa shape index (κ3) is 27.8. The van der Waals surface area contributed by atoms with Crippen molar-refractivity contribution in [2.75, 3.05) is 52.4 Å². The van der Waals surface area contributed by atoms with E-state index in [4.69, 9.17) is 0 Å². The van der Waals surface area contributed by atoms with Gasteiger partial charge in [0, 0.05) is 0 Å². The minimum Gasteiger partial charge on any atom is -0.317 e. The molecule has 0 saturated heterocycles. The van der Waals surface area contributed by atoms with Crippen molar-refractivity contribution < 1.29 is 0 Å². The second-order valence-electron chi connectivity index (χ2n) is 11.1. The van der Waals surface area contributed by atoms with Crippen LogP contribution in [0.2, 0.25) is 0 Å². The van der Waals surface area contributed by atoms with Crippen LogP contribution < -0.4 is 21.3 Å². The van der Waals surface area contributed by atoms with Gasteiger partial charge in [-0.15, -0.1) is 0 Å². The Labute approximate surface area is 184 Å². The summed E-state index contributed by atoms with van der Waals surface area (Å²) in [5.41, 5.74) is 0.898. The topological polar surface area (TPSA) is 48.1 Å². The Hall–Kier alpha value is -0.160. The van der Waals surface area contributed by atoms with Crippen LogP contribution in [0.5, 0.6) is 0 Å². The first kappa shape index (κ1) is 28.8. The summed E-state index contributed by atoms with van der Waals surface area (Å²) < 4.78 is 0. The monoisotopic (exact) mass is 412 g/mol. The molecule has 0 radical (unpaired) electrons. The van der Waals surface area contributed by atoms with Gasteiger partial charge in [0.15, 0.2) is 0 Å². The van der Waals surface area contributed by atoms with Crippen LogP contribution in [0, 0.1) is 10.8 Å². The lowest BCUT2D eigenvalue weighted by molar-refractivity contribution is 0.366. The normalized spacial score (nSPS) is 12.6. The van der Waals surface area contributed by atoms with E-state index >= 15 is 0 Å². The van der Waals surface area contributed by atoms with E-state index in [1.54, 1.807) is 0 Å². The first-order chi connectivity index (χ1) is 13.7. The Bertz CT molecular complexity index is 299. The van der Waals surface area contributed by atoms with Crippen LogP contribution in [0.25, 0.3) is 0 Å². The highest BCUT2D eigenvalue weighted by atomic mass is 14.9. The summed E-state index contributed by atoms with van der Waals surface area (Å²) in [6.07, 6.45) is 11.8. The molecule has 4 heteroatoms. The number of hydrogen-bond donors (Lipinski definition) is 4. The highest BCUT2D eigenvalue weighted by Crippen LogP contribution is 2.17. The van der Waals surface area contributed by atoms with E-state index in [9.17, 15) is 0 Å². The molecule has 0 bridgehead atoms. The Balaban J connectivity index is 3.07. The Morgan fingerprint density at radius 1 is 0.345 bits per heavy atom. The van der Waals surface area contributed by atoms with E-state index < -0.39 is 0 Å². The second-order valence-corrected chi connectivity index (χ2v) is 11.1. The van der Waals surface area contributed by atoms with Gasteiger partial charge in [0.2, 0.25) is 0 Å². The van der Waals surface area contributed by atoms with Crippen LogP contribution in [0.15, 0.2) is 0 Å². The average Bonchev–Trinajstić information content (AvgIpc) is 2.61. The first-order valence-electron chi connectivity index (χ1n) is 12.5. The second kappa shape index (κ2) is 18.6. The minimum atomic E-state index is 0.449. The Kier molecular flexibility index (Phi) is 18.5. The van der Waals surface area contributed by atoms with Crippen LogP contribution in [-0.4, -0.2) is 52.4 Å². The molecule has 4 nitrogen and oxygen atoms in total. The van der Waals surface area contributed by atoms with Gasteiger partial charge in [-0.05, 0) is 102 Å². The van der Waals surface area contributed by atoms with E-state index in [-0.39, 0.29) is 0 Å². The van der Waals surface area contributed by atoms with Crippen molar-refractivity contribution in [1.29, 1.82) is 0 Å². The fourth-order valence-electron chi connectivity index (χ4n) is 3.13. The number of unbranched alkanes of at least 4 members (excludes halogenated alkanes) is 4. The standard InChI is InChI=1S/C25H56N4/c1-24(2,3)14-22-28-20-12-18-26-16-10-8-7-9-11-17-27-19-13-21-29-23-15-25(4,5)6/h26-29H,7-23H2,1-6H3. The van der Waals surface area contributed by atoms with E-state index in [0.717, 1.165) is 39.3 Å². The number of hydrogen-bond acceptors (Lipinski definition) is 4. The molecule has 0 aromatic heterocycles. The Morgan fingerprint density at radius 3 is 0.966 bits per heavy atom. The minimum absolute atomic E-state index is 0.449. The van der Waals surface area contributed by atoms with Crippen molar-refractivity contribution in [1.82, 2.24) is 21.3 Å². The van der Waals surface area contributed by atoms with Gasteiger partial charge in [-0.2, -0.15) is 0 Å². The quantitative estimate of drug-likeness (QED) is 0.214. The summed E-state index contributed by atoms with van der Waals surface area (Å²) in [5, 5.41) is 14.3. The van der Waals surface area contributed by atoms with E-state index in [0.29, 0.717) is 10.8 Å². The average molecular weight is 413 g/mol. The molecule has 0 unspecified atom stereocenters. The number of nitrogens with one attached hydrogen (secondary N) is 4. The van der Waals surface area contributed by atoms with Crippen LogP contribution in [0.3, 0.4) is 0 Å². The SMILES string of the molecule is CC(C)(C)CCNCCCNCCCCCCCNCCCNCCC(C)(C)C. The summed E-state index contributed by atoms with van der Waals surface area (Å²) in [7, 11) is 0. The van der Waals surface area contributed by atoms with Crippen molar-refractivity contribution in [3.63, 3.8) is 0 Å². The van der Waals surface area contributed by atoms with Crippen LogP contribution in [-0.2, 0) is 0 Å². The lowest BCUT2D eigenvalue weighted by atomic mass is 9.92. The van der Waals surface area contributed by atoms with Crippen LogP contribution in [0.4, 0.5) is 0 Å². The molecule has 0 spiro atoms. The maximum atomic E-state index is 3.58. The third-order valence-corrected chi connectivity index (χ3v) is 5.22. The molecule has 0 heterocycles. The highest BCUT2D eigenvalue weighted by molar-refractivity contribution is 4.64. The zero-order valence-corrected chi connectivity index (χ0v) is 21.0. The van der Waals surface area contributed by atoms with Crippen molar-refractivity contribution in [2.45, 2.75) is 99.3 Å². The van der Waals surface area contributed by atoms with Crippen LogP contribution in [0.1, 0.15) is 99.3 Å². The summed E-state index contributed by atoms with van der Waals surface area (Å²) in [6.45, 7) is 23.1. The molecule has 29 heavy (non-hydrogen) atoms. The molecule has 0 amide bonds. The maximum absolute atomic E-state index is 3.58. The molecule has 0 saturated carbocycles. The van der Waals surface area contributed by atoms with Crippen molar-refractivity contribution >= 4 is 0 Å². The smallest absolute Gasteiger partial charge is 0.00368 e. The van der Waals surface area contributed by atoms with E-state index in [1.807, 2.05) is 0 Å². The summed E-state index contributed by atoms with van der Waals surface area (Å²) in [5.74, 6) is 0. The van der Waals surface area contributed by atoms with Crippen molar-refractivity contribution in [3.05, 3.63) is 0 Å². The highest BCUT2D eigenvalue weighted by Gasteiger charge is 2.09. The molecule has 0 atom stereocenters. The molecule has 0 aliphatic rings. The lowest BCUT2D eigenvalue weighted by Gasteiger charge is -2.18. The zero-order valence-electron chi connectivity index (χ0n) is 21.0. The van der Waals surface area contributed by atoms with Gasteiger partial charge >= 0.3 is 0 Å². The molecule has 0 aliphatic carbocycles. The fourth-order valence-corrected chi connectivity index (χ4v) is 3.13.